The third-order valence-electron chi connectivity index (χ3n) is 12.7. The number of imidazole rings is 1. The molecular formula is C43H44ClFN10O3. The Kier molecular flexibility index (Phi) is 9.08. The van der Waals surface area contributed by atoms with E-state index in [1.807, 2.05) is 31.4 Å². The van der Waals surface area contributed by atoms with Gasteiger partial charge in [0, 0.05) is 73.8 Å². The molecule has 1 unspecified atom stereocenters. The van der Waals surface area contributed by atoms with Crippen LogP contribution in [0.4, 0.5) is 27.3 Å². The molecule has 3 atom stereocenters. The van der Waals surface area contributed by atoms with Gasteiger partial charge >= 0.3 is 0 Å². The number of amides is 3. The summed E-state index contributed by atoms with van der Waals surface area (Å²) in [4.78, 5) is 53.5. The van der Waals surface area contributed by atoms with Gasteiger partial charge in [0.25, 0.3) is 5.91 Å². The highest BCUT2D eigenvalue weighted by Gasteiger charge is 2.45. The summed E-state index contributed by atoms with van der Waals surface area (Å²) in [6.07, 6.45) is 6.72. The van der Waals surface area contributed by atoms with E-state index in [0.717, 1.165) is 91.4 Å². The number of benzene rings is 2. The smallest absolute Gasteiger partial charge is 0.271 e. The Morgan fingerprint density at radius 2 is 1.84 bits per heavy atom. The van der Waals surface area contributed by atoms with E-state index in [-0.39, 0.29) is 23.4 Å². The summed E-state index contributed by atoms with van der Waals surface area (Å²) in [7, 11) is 1.81. The molecule has 2 aromatic carbocycles. The number of anilines is 4. The third kappa shape index (κ3) is 6.61. The van der Waals surface area contributed by atoms with E-state index in [1.54, 1.807) is 4.52 Å². The lowest BCUT2D eigenvalue weighted by atomic mass is 9.71. The van der Waals surface area contributed by atoms with Gasteiger partial charge in [-0.25, -0.2) is 13.9 Å². The van der Waals surface area contributed by atoms with E-state index in [2.05, 4.69) is 72.0 Å². The van der Waals surface area contributed by atoms with E-state index in [0.29, 0.717) is 47.7 Å². The standard InChI is InChI=1S/C43H44ClFN10O3/c1-46-35-19-38(51-55-37(21-48-40(35)55)42(58)49-34-18-32(34)45)54-14-11-29-28(3-2-4-36(29)54)33-9-6-26(20-47-33)53-23-43(24-53)12-15-52(16-13-43)22-25-5-7-27(31(44)17-25)30-8-10-39(56)50-41(30)57/h2-7,9,17,19-21,30,32,34,46H,8,10-16,18,22-24H2,1H3,(H,49,58)(H,50,56,57)/t30?,32-,34+/m0/s1. The molecule has 3 amide bonds. The highest BCUT2D eigenvalue weighted by atomic mass is 35.5. The van der Waals surface area contributed by atoms with Crippen LogP contribution in [0.2, 0.25) is 5.02 Å². The highest BCUT2D eigenvalue weighted by Crippen LogP contribution is 2.44. The maximum atomic E-state index is 13.6. The maximum Gasteiger partial charge on any atom is 0.271 e. The van der Waals surface area contributed by atoms with Crippen LogP contribution in [0.3, 0.4) is 0 Å². The lowest BCUT2D eigenvalue weighted by molar-refractivity contribution is -0.134. The maximum absolute atomic E-state index is 13.6. The second-order valence-electron chi connectivity index (χ2n) is 16.5. The number of carbonyl (C=O) groups excluding carboxylic acids is 3. The number of aromatic nitrogens is 4. The fourth-order valence-electron chi connectivity index (χ4n) is 9.27. The van der Waals surface area contributed by atoms with Crippen LogP contribution >= 0.6 is 11.6 Å². The van der Waals surface area contributed by atoms with E-state index >= 15 is 0 Å². The van der Waals surface area contributed by atoms with Gasteiger partial charge in [-0.2, -0.15) is 0 Å². The molecule has 15 heteroatoms. The van der Waals surface area contributed by atoms with Crippen molar-refractivity contribution in [3.63, 3.8) is 0 Å². The Labute approximate surface area is 340 Å². The van der Waals surface area contributed by atoms with Gasteiger partial charge in [0.2, 0.25) is 11.8 Å². The van der Waals surface area contributed by atoms with Crippen molar-refractivity contribution in [2.75, 3.05) is 54.9 Å². The van der Waals surface area contributed by atoms with Crippen LogP contribution in [-0.2, 0) is 22.6 Å². The number of pyridine rings is 1. The lowest BCUT2D eigenvalue weighted by Gasteiger charge is -2.55. The zero-order chi connectivity index (χ0) is 39.7. The van der Waals surface area contributed by atoms with Crippen molar-refractivity contribution in [2.45, 2.75) is 63.2 Å². The molecule has 0 bridgehead atoms. The number of rotatable bonds is 9. The number of hydrogen-bond donors (Lipinski definition) is 3. The number of carbonyl (C=O) groups is 3. The summed E-state index contributed by atoms with van der Waals surface area (Å²) in [6, 6.07) is 18.1. The Morgan fingerprint density at radius 3 is 2.57 bits per heavy atom. The van der Waals surface area contributed by atoms with Crippen molar-refractivity contribution >= 4 is 57.8 Å². The lowest BCUT2D eigenvalue weighted by Crippen LogP contribution is -2.60. The molecular weight excluding hydrogens is 759 g/mol. The second-order valence-corrected chi connectivity index (χ2v) is 16.9. The molecule has 298 valence electrons. The predicted octanol–water partition coefficient (Wildman–Crippen LogP) is 5.64. The molecule has 58 heavy (non-hydrogen) atoms. The van der Waals surface area contributed by atoms with Gasteiger partial charge < -0.3 is 20.4 Å². The molecule has 3 aromatic heterocycles. The van der Waals surface area contributed by atoms with Crippen molar-refractivity contribution in [1.29, 1.82) is 0 Å². The van der Waals surface area contributed by atoms with Crippen molar-refractivity contribution in [3.05, 3.63) is 94.4 Å². The van der Waals surface area contributed by atoms with Crippen molar-refractivity contribution in [2.24, 2.45) is 5.41 Å². The van der Waals surface area contributed by atoms with Crippen LogP contribution in [0.1, 0.15) is 65.2 Å². The Hall–Kier alpha value is -5.60. The van der Waals surface area contributed by atoms with E-state index < -0.39 is 18.1 Å². The van der Waals surface area contributed by atoms with Gasteiger partial charge in [0.05, 0.1) is 41.4 Å². The van der Waals surface area contributed by atoms with Crippen LogP contribution in [0.15, 0.2) is 67.0 Å². The van der Waals surface area contributed by atoms with Crippen molar-refractivity contribution < 1.29 is 18.8 Å². The van der Waals surface area contributed by atoms with E-state index in [9.17, 15) is 18.8 Å². The summed E-state index contributed by atoms with van der Waals surface area (Å²) in [6.45, 7) is 5.62. The van der Waals surface area contributed by atoms with Gasteiger partial charge in [-0.1, -0.05) is 35.9 Å². The fourth-order valence-corrected chi connectivity index (χ4v) is 9.61. The number of imide groups is 1. The number of halogens is 2. The first-order chi connectivity index (χ1) is 28.1. The molecule has 13 nitrogen and oxygen atoms in total. The van der Waals surface area contributed by atoms with Gasteiger partial charge in [0.1, 0.15) is 6.17 Å². The van der Waals surface area contributed by atoms with E-state index in [4.69, 9.17) is 21.7 Å². The van der Waals surface area contributed by atoms with Gasteiger partial charge in [0.15, 0.2) is 17.2 Å². The summed E-state index contributed by atoms with van der Waals surface area (Å²) >= 11 is 6.66. The quantitative estimate of drug-likeness (QED) is 0.161. The van der Waals surface area contributed by atoms with Gasteiger partial charge in [-0.15, -0.1) is 5.10 Å². The molecule has 1 aliphatic carbocycles. The van der Waals surface area contributed by atoms with Crippen LogP contribution in [0, 0.1) is 5.41 Å². The summed E-state index contributed by atoms with van der Waals surface area (Å²) in [5.74, 6) is -0.581. The number of nitrogens with zero attached hydrogens (tertiary/aromatic N) is 7. The van der Waals surface area contributed by atoms with E-state index in [1.165, 1.54) is 11.8 Å². The topological polar surface area (TPSA) is 140 Å². The molecule has 5 aliphatic rings. The largest absolute Gasteiger partial charge is 0.385 e. The monoisotopic (exact) mass is 802 g/mol. The minimum atomic E-state index is -1.00. The normalized spacial score (nSPS) is 22.5. The Balaban J connectivity index is 0.776. The first-order valence-electron chi connectivity index (χ1n) is 20.1. The van der Waals surface area contributed by atoms with Crippen LogP contribution in [0.5, 0.6) is 0 Å². The first kappa shape index (κ1) is 36.7. The zero-order valence-electron chi connectivity index (χ0n) is 32.2. The molecule has 1 spiro atoms. The number of piperidine rings is 2. The third-order valence-corrected chi connectivity index (χ3v) is 13.1. The SMILES string of the molecule is CNc1cc(N2CCc3c(-c4ccc(N5CC6(CCN(Cc7ccc(C8CCC(=O)NC8=O)c(Cl)c7)CC6)C5)cn4)cccc32)nn2c(C(=O)N[C@@H]3C[C@@H]3F)cnc12. The number of fused-ring (bicyclic) bond motifs is 2. The molecule has 0 radical (unpaired) electrons. The van der Waals surface area contributed by atoms with Gasteiger partial charge in [-0.3, -0.25) is 29.6 Å². The predicted molar refractivity (Wildman–Crippen MR) is 219 cm³/mol. The Bertz CT molecular complexity index is 2460. The van der Waals surface area contributed by atoms with Crippen LogP contribution < -0.4 is 25.8 Å². The average Bonchev–Trinajstić information content (AvgIpc) is 3.54. The molecule has 4 aliphatic heterocycles. The number of nitrogens with one attached hydrogen (secondary N) is 3. The summed E-state index contributed by atoms with van der Waals surface area (Å²) in [5.41, 5.74) is 9.16. The van der Waals surface area contributed by atoms with Gasteiger partial charge in [-0.05, 0) is 79.7 Å². The summed E-state index contributed by atoms with van der Waals surface area (Å²) in [5, 5.41) is 13.8. The molecule has 5 aromatic rings. The van der Waals surface area contributed by atoms with Crippen molar-refractivity contribution in [1.82, 2.24) is 35.1 Å². The highest BCUT2D eigenvalue weighted by molar-refractivity contribution is 6.31. The molecule has 3 N–H and O–H groups in total. The number of alkyl halides is 1. The fraction of sp³-hybridized carbons (Fsp3) is 0.395. The zero-order valence-corrected chi connectivity index (χ0v) is 32.9. The second kappa shape index (κ2) is 14.3. The molecule has 4 fully saturated rings. The first-order valence-corrected chi connectivity index (χ1v) is 20.5. The molecule has 10 rings (SSSR count). The van der Waals surface area contributed by atoms with Crippen LogP contribution in [0.25, 0.3) is 16.9 Å². The van der Waals surface area contributed by atoms with Crippen molar-refractivity contribution in [3.8, 4) is 11.3 Å². The number of hydrogen-bond acceptors (Lipinski definition) is 10. The molecule has 1 saturated carbocycles. The minimum Gasteiger partial charge on any atom is -0.385 e. The summed E-state index contributed by atoms with van der Waals surface area (Å²) < 4.78 is 15.1. The molecule has 3 saturated heterocycles. The number of likely N-dealkylation sites (tertiary alicyclic amines) is 1. The average molecular weight is 803 g/mol. The Morgan fingerprint density at radius 1 is 1.02 bits per heavy atom. The minimum absolute atomic E-state index is 0.223. The molecule has 7 heterocycles. The van der Waals surface area contributed by atoms with Crippen LogP contribution in [-0.4, -0.2) is 94.2 Å².